The second kappa shape index (κ2) is 11.3. The molecule has 1 aliphatic heterocycles. The zero-order chi connectivity index (χ0) is 24.7. The molecule has 10 nitrogen and oxygen atoms in total. The molecule has 3 heterocycles. The van der Waals surface area contributed by atoms with Crippen molar-refractivity contribution in [3.05, 3.63) is 54.8 Å². The van der Waals surface area contributed by atoms with E-state index in [2.05, 4.69) is 25.4 Å². The third kappa shape index (κ3) is 5.53. The number of carbonyl (C=O) groups is 2. The highest BCUT2D eigenvalue weighted by Crippen LogP contribution is 2.41. The molecule has 188 valence electrons. The van der Waals surface area contributed by atoms with Crippen LogP contribution < -0.4 is 10.1 Å². The molecule has 2 fully saturated rings. The van der Waals surface area contributed by atoms with E-state index in [1.54, 1.807) is 18.6 Å². The van der Waals surface area contributed by atoms with Crippen molar-refractivity contribution in [2.45, 2.75) is 50.5 Å². The fraction of sp³-hybridized carbons (Fsp3) is 0.462. The van der Waals surface area contributed by atoms with Crippen molar-refractivity contribution < 1.29 is 18.8 Å². The molecule has 0 spiro atoms. The minimum Gasteiger partial charge on any atom is -0.484 e. The Balaban J connectivity index is 1.36. The number of carbonyl (C=O) groups excluding carboxylic acids is 2. The second-order valence-corrected chi connectivity index (χ2v) is 9.28. The smallest absolute Gasteiger partial charge is 0.260 e. The number of hydrogen-bond acceptors (Lipinski definition) is 8. The molecule has 10 heteroatoms. The van der Waals surface area contributed by atoms with E-state index < -0.39 is 0 Å². The minimum absolute atomic E-state index is 0.0279. The molecule has 0 bridgehead atoms. The topological polar surface area (TPSA) is 123 Å². The summed E-state index contributed by atoms with van der Waals surface area (Å²) in [7, 11) is 0. The van der Waals surface area contributed by atoms with Crippen molar-refractivity contribution in [1.82, 2.24) is 30.3 Å². The van der Waals surface area contributed by atoms with E-state index in [-0.39, 0.29) is 36.3 Å². The SMILES string of the molecule is O=C1NCCCCCCN(C(=O)COc2ccccc2)C2CC(c3nc(-c4cnccn4)no3)CC12. The lowest BCUT2D eigenvalue weighted by Gasteiger charge is -2.32. The van der Waals surface area contributed by atoms with Crippen LogP contribution in [0.4, 0.5) is 0 Å². The molecule has 3 unspecified atom stereocenters. The van der Waals surface area contributed by atoms with E-state index in [1.807, 2.05) is 35.2 Å². The Kier molecular flexibility index (Phi) is 7.49. The Morgan fingerprint density at radius 2 is 1.97 bits per heavy atom. The molecule has 2 aromatic heterocycles. The van der Waals surface area contributed by atoms with Crippen molar-refractivity contribution in [1.29, 1.82) is 0 Å². The van der Waals surface area contributed by atoms with Gasteiger partial charge in [-0.15, -0.1) is 0 Å². The monoisotopic (exact) mass is 490 g/mol. The number of fused-ring (bicyclic) bond motifs is 1. The van der Waals surface area contributed by atoms with Gasteiger partial charge in [-0.05, 0) is 37.8 Å². The zero-order valence-electron chi connectivity index (χ0n) is 20.1. The van der Waals surface area contributed by atoms with Gasteiger partial charge in [-0.3, -0.25) is 14.6 Å². The van der Waals surface area contributed by atoms with E-state index >= 15 is 0 Å². The van der Waals surface area contributed by atoms with Crippen LogP contribution in [0.2, 0.25) is 0 Å². The maximum atomic E-state index is 13.4. The van der Waals surface area contributed by atoms with E-state index in [4.69, 9.17) is 9.26 Å². The Bertz CT molecular complexity index is 1160. The van der Waals surface area contributed by atoms with Gasteiger partial charge < -0.3 is 19.5 Å². The molecular weight excluding hydrogens is 460 g/mol. The number of para-hydroxylation sites is 1. The standard InChI is InChI=1S/C26H30N6O4/c33-23(17-35-19-8-4-3-5-9-19)32-13-7-2-1-6-10-29-25(34)20-14-18(15-22(20)32)26-30-24(31-36-26)21-16-27-11-12-28-21/h3-5,8-9,11-12,16,18,20,22H,1-2,6-7,10,13-15,17H2,(H,29,34). The minimum atomic E-state index is -0.361. The first kappa shape index (κ1) is 23.9. The Labute approximate surface area is 209 Å². The van der Waals surface area contributed by atoms with Gasteiger partial charge in [-0.25, -0.2) is 4.98 Å². The molecule has 1 N–H and O–H groups in total. The highest BCUT2D eigenvalue weighted by molar-refractivity contribution is 5.83. The van der Waals surface area contributed by atoms with Crippen molar-refractivity contribution in [3.8, 4) is 17.3 Å². The van der Waals surface area contributed by atoms with Gasteiger partial charge in [-0.2, -0.15) is 4.98 Å². The summed E-state index contributed by atoms with van der Waals surface area (Å²) in [4.78, 5) is 41.3. The van der Waals surface area contributed by atoms with Crippen LogP contribution in [0.3, 0.4) is 0 Å². The van der Waals surface area contributed by atoms with Crippen molar-refractivity contribution in [3.63, 3.8) is 0 Å². The van der Waals surface area contributed by atoms with Crippen LogP contribution in [-0.2, 0) is 9.59 Å². The number of hydrogen-bond donors (Lipinski definition) is 1. The number of ether oxygens (including phenoxy) is 1. The first-order chi connectivity index (χ1) is 17.7. The second-order valence-electron chi connectivity index (χ2n) is 9.28. The lowest BCUT2D eigenvalue weighted by atomic mass is 10.00. The van der Waals surface area contributed by atoms with Gasteiger partial charge in [0.05, 0.1) is 12.1 Å². The Morgan fingerprint density at radius 3 is 2.81 bits per heavy atom. The van der Waals surface area contributed by atoms with Gasteiger partial charge in [0.2, 0.25) is 17.6 Å². The molecular formula is C26H30N6O4. The quantitative estimate of drug-likeness (QED) is 0.579. The number of nitrogens with zero attached hydrogens (tertiary/aromatic N) is 5. The third-order valence-electron chi connectivity index (χ3n) is 6.90. The van der Waals surface area contributed by atoms with Gasteiger partial charge in [0.15, 0.2) is 6.61 Å². The largest absolute Gasteiger partial charge is 0.484 e. The summed E-state index contributed by atoms with van der Waals surface area (Å²) >= 11 is 0. The van der Waals surface area contributed by atoms with Gasteiger partial charge in [-0.1, -0.05) is 36.2 Å². The van der Waals surface area contributed by atoms with Crippen molar-refractivity contribution >= 4 is 11.8 Å². The molecule has 0 radical (unpaired) electrons. The summed E-state index contributed by atoms with van der Waals surface area (Å²) in [6, 6.07) is 9.02. The lowest BCUT2D eigenvalue weighted by molar-refractivity contribution is -0.138. The van der Waals surface area contributed by atoms with Crippen molar-refractivity contribution in [2.75, 3.05) is 19.7 Å². The molecule has 3 atom stereocenters. The first-order valence-corrected chi connectivity index (χ1v) is 12.5. The predicted molar refractivity (Wildman–Crippen MR) is 130 cm³/mol. The number of amides is 2. The third-order valence-corrected chi connectivity index (χ3v) is 6.90. The van der Waals surface area contributed by atoms with E-state index in [0.717, 1.165) is 25.7 Å². The normalized spacial score (nSPS) is 22.8. The molecule has 1 saturated heterocycles. The van der Waals surface area contributed by atoms with Gasteiger partial charge in [0.25, 0.3) is 5.91 Å². The molecule has 1 aromatic carbocycles. The van der Waals surface area contributed by atoms with E-state index in [0.29, 0.717) is 49.1 Å². The van der Waals surface area contributed by atoms with Crippen LogP contribution in [0.5, 0.6) is 5.75 Å². The molecule has 1 aliphatic carbocycles. The van der Waals surface area contributed by atoms with Gasteiger partial charge in [0.1, 0.15) is 11.4 Å². The maximum absolute atomic E-state index is 13.4. The molecule has 36 heavy (non-hydrogen) atoms. The number of aromatic nitrogens is 4. The average Bonchev–Trinajstić information content (AvgIpc) is 3.57. The van der Waals surface area contributed by atoms with Crippen molar-refractivity contribution in [2.24, 2.45) is 5.92 Å². The Morgan fingerprint density at radius 1 is 1.11 bits per heavy atom. The molecule has 5 rings (SSSR count). The van der Waals surface area contributed by atoms with Crippen LogP contribution in [0.15, 0.2) is 53.4 Å². The molecule has 1 saturated carbocycles. The van der Waals surface area contributed by atoms with E-state index in [9.17, 15) is 9.59 Å². The fourth-order valence-corrected chi connectivity index (χ4v) is 5.09. The average molecular weight is 491 g/mol. The number of nitrogens with one attached hydrogen (secondary N) is 1. The Hall–Kier alpha value is -3.82. The summed E-state index contributed by atoms with van der Waals surface area (Å²) < 4.78 is 11.4. The molecule has 2 aliphatic rings. The summed E-state index contributed by atoms with van der Waals surface area (Å²) in [5.74, 6) is 0.812. The van der Waals surface area contributed by atoms with Crippen LogP contribution in [0.1, 0.15) is 50.3 Å². The zero-order valence-corrected chi connectivity index (χ0v) is 20.1. The summed E-state index contributed by atoms with van der Waals surface area (Å²) in [5.41, 5.74) is 0.522. The fourth-order valence-electron chi connectivity index (χ4n) is 5.09. The highest BCUT2D eigenvalue weighted by Gasteiger charge is 2.45. The number of rotatable bonds is 5. The van der Waals surface area contributed by atoms with Crippen LogP contribution in [-0.4, -0.2) is 62.6 Å². The van der Waals surface area contributed by atoms with Gasteiger partial charge >= 0.3 is 0 Å². The summed E-state index contributed by atoms with van der Waals surface area (Å²) in [6.45, 7) is 1.17. The number of benzene rings is 1. The molecule has 2 amide bonds. The summed E-state index contributed by atoms with van der Waals surface area (Å²) in [5, 5.41) is 7.15. The van der Waals surface area contributed by atoms with E-state index in [1.165, 1.54) is 0 Å². The predicted octanol–water partition coefficient (Wildman–Crippen LogP) is 2.99. The maximum Gasteiger partial charge on any atom is 0.260 e. The lowest BCUT2D eigenvalue weighted by Crippen LogP contribution is -2.48. The van der Waals surface area contributed by atoms with Crippen LogP contribution in [0.25, 0.3) is 11.5 Å². The molecule has 3 aromatic rings. The van der Waals surface area contributed by atoms with Crippen LogP contribution >= 0.6 is 0 Å². The first-order valence-electron chi connectivity index (χ1n) is 12.5. The summed E-state index contributed by atoms with van der Waals surface area (Å²) in [6.07, 6.45) is 9.67. The highest BCUT2D eigenvalue weighted by atomic mass is 16.5. The van der Waals surface area contributed by atoms with Gasteiger partial charge in [0, 0.05) is 37.4 Å². The van der Waals surface area contributed by atoms with Crippen LogP contribution in [0, 0.1) is 5.92 Å².